The third-order valence-electron chi connectivity index (χ3n) is 10.5. The molecule has 6 atom stereocenters. The number of carbonyl (C=O) groups excluding carboxylic acids is 4. The van der Waals surface area contributed by atoms with Crippen LogP contribution in [0.15, 0.2) is 29.0 Å². The van der Waals surface area contributed by atoms with E-state index < -0.39 is 72.1 Å². The van der Waals surface area contributed by atoms with Crippen molar-refractivity contribution in [1.82, 2.24) is 25.3 Å². The molecule has 2 aliphatic heterocycles. The van der Waals surface area contributed by atoms with Crippen LogP contribution in [0.1, 0.15) is 43.7 Å². The van der Waals surface area contributed by atoms with Gasteiger partial charge in [-0.05, 0) is 57.0 Å². The Morgan fingerprint density at radius 2 is 1.88 bits per heavy atom. The molecule has 1 aromatic carbocycles. The van der Waals surface area contributed by atoms with Crippen LogP contribution in [0.25, 0.3) is 0 Å². The highest BCUT2D eigenvalue weighted by Crippen LogP contribution is 2.65. The normalized spacial score (nSPS) is 24.8. The van der Waals surface area contributed by atoms with Crippen LogP contribution in [0.4, 0.5) is 4.79 Å². The second-order valence-electron chi connectivity index (χ2n) is 13.9. The fourth-order valence-electron chi connectivity index (χ4n) is 8.14. The second kappa shape index (κ2) is 14.9. The van der Waals surface area contributed by atoms with Crippen molar-refractivity contribution in [2.45, 2.75) is 74.3 Å². The second-order valence-corrected chi connectivity index (χ2v) is 13.9. The molecule has 52 heavy (non-hydrogen) atoms. The van der Waals surface area contributed by atoms with Gasteiger partial charge in [0.05, 0.1) is 24.7 Å². The van der Waals surface area contributed by atoms with E-state index >= 15 is 0 Å². The number of guanidine groups is 1. The lowest BCUT2D eigenvalue weighted by Gasteiger charge is -2.61. The van der Waals surface area contributed by atoms with Gasteiger partial charge in [0.25, 0.3) is 0 Å². The average Bonchev–Trinajstić information content (AvgIpc) is 3.43. The summed E-state index contributed by atoms with van der Waals surface area (Å²) in [4.78, 5) is 72.0. The van der Waals surface area contributed by atoms with Crippen molar-refractivity contribution in [3.05, 3.63) is 35.1 Å². The molecule has 4 aliphatic rings. The monoisotopic (exact) mass is 728 g/mol. The van der Waals surface area contributed by atoms with Crippen molar-refractivity contribution < 1.29 is 48.4 Å². The molecular weight excluding hydrogens is 680 g/mol. The number of likely N-dealkylation sites (N-methyl/N-ethyl adjacent to an activating group) is 3. The van der Waals surface area contributed by atoms with Gasteiger partial charge in [-0.25, -0.2) is 4.79 Å². The first kappa shape index (κ1) is 38.1. The van der Waals surface area contributed by atoms with Crippen LogP contribution in [0, 0.1) is 0 Å². The number of piperidine rings is 1. The number of hydrogen-bond acceptors (Lipinski definition) is 11. The van der Waals surface area contributed by atoms with Crippen LogP contribution in [-0.2, 0) is 35.8 Å². The molecule has 2 heterocycles. The first-order chi connectivity index (χ1) is 24.5. The Bertz CT molecular complexity index is 1680. The molecule has 1 aromatic rings. The fraction of sp³-hybridized carbons (Fsp3) is 0.588. The van der Waals surface area contributed by atoms with Gasteiger partial charge in [0.2, 0.25) is 17.7 Å². The number of carbonyl (C=O) groups is 5. The summed E-state index contributed by atoms with van der Waals surface area (Å²) < 4.78 is 18.2. The highest BCUT2D eigenvalue weighted by atomic mass is 16.6. The van der Waals surface area contributed by atoms with Crippen LogP contribution in [0.2, 0.25) is 0 Å². The zero-order chi connectivity index (χ0) is 38.1. The summed E-state index contributed by atoms with van der Waals surface area (Å²) in [6.45, 7) is 0.982. The molecular formula is C34H48N8O10. The number of nitrogens with two attached hydrogens (primary N) is 2. The summed E-state index contributed by atoms with van der Waals surface area (Å²) in [6, 6.07) is 1.09. The van der Waals surface area contributed by atoms with Gasteiger partial charge >= 0.3 is 12.1 Å². The van der Waals surface area contributed by atoms with Gasteiger partial charge in [-0.15, -0.1) is 0 Å². The number of likely N-dealkylation sites (tertiary alicyclic amines) is 1. The highest BCUT2D eigenvalue weighted by Gasteiger charge is 2.72. The van der Waals surface area contributed by atoms with E-state index in [2.05, 4.69) is 20.5 Å². The average molecular weight is 729 g/mol. The van der Waals surface area contributed by atoms with E-state index in [1.807, 2.05) is 19.2 Å². The zero-order valence-electron chi connectivity index (χ0n) is 30.0. The number of methoxy groups -OCH3 is 1. The SMILES string of the molecule is COc1ccc2c3c1OC1C(OC(=O)N(C)CC(NC(=O)C(CCCN=C(N)N)NC(C)=O)C(=O)N(C)CC(=O)O)=CCC4(O)C(C2)N(C)CCC314. The number of hydrogen-bond donors (Lipinski definition) is 6. The molecule has 4 amide bonds. The summed E-state index contributed by atoms with van der Waals surface area (Å²) in [6.07, 6.45) is 1.66. The molecule has 8 N–H and O–H groups in total. The van der Waals surface area contributed by atoms with Crippen molar-refractivity contribution in [1.29, 1.82) is 0 Å². The fourth-order valence-corrected chi connectivity index (χ4v) is 8.14. The smallest absolute Gasteiger partial charge is 0.414 e. The number of carboxylic acid groups (broad SMARTS) is 1. The third-order valence-corrected chi connectivity index (χ3v) is 10.5. The number of rotatable bonds is 14. The number of benzene rings is 1. The van der Waals surface area contributed by atoms with E-state index in [4.69, 9.17) is 25.7 Å². The lowest BCUT2D eigenvalue weighted by Crippen LogP contribution is -2.74. The number of ether oxygens (including phenoxy) is 3. The van der Waals surface area contributed by atoms with E-state index in [0.29, 0.717) is 37.3 Å². The molecule has 18 heteroatoms. The molecule has 1 fully saturated rings. The summed E-state index contributed by atoms with van der Waals surface area (Å²) >= 11 is 0. The van der Waals surface area contributed by atoms with Gasteiger partial charge in [-0.1, -0.05) is 6.07 Å². The summed E-state index contributed by atoms with van der Waals surface area (Å²) in [5, 5.41) is 26.9. The Morgan fingerprint density at radius 1 is 1.15 bits per heavy atom. The summed E-state index contributed by atoms with van der Waals surface area (Å²) in [7, 11) is 6.13. The molecule has 18 nitrogen and oxygen atoms in total. The molecule has 0 aromatic heterocycles. The lowest BCUT2D eigenvalue weighted by molar-refractivity contribution is -0.163. The van der Waals surface area contributed by atoms with E-state index in [9.17, 15) is 34.2 Å². The first-order valence-corrected chi connectivity index (χ1v) is 17.1. The molecule has 0 radical (unpaired) electrons. The summed E-state index contributed by atoms with van der Waals surface area (Å²) in [5.41, 5.74) is 10.5. The van der Waals surface area contributed by atoms with Crippen molar-refractivity contribution in [2.24, 2.45) is 16.5 Å². The van der Waals surface area contributed by atoms with Crippen LogP contribution in [0.5, 0.6) is 11.5 Å². The summed E-state index contributed by atoms with van der Waals surface area (Å²) in [5.74, 6) is -2.27. The number of nitrogens with one attached hydrogen (secondary N) is 2. The molecule has 6 unspecified atom stereocenters. The first-order valence-electron chi connectivity index (χ1n) is 17.1. The zero-order valence-corrected chi connectivity index (χ0v) is 30.0. The van der Waals surface area contributed by atoms with Gasteiger partial charge in [0, 0.05) is 45.6 Å². The van der Waals surface area contributed by atoms with E-state index in [1.54, 1.807) is 6.08 Å². The number of aliphatic hydroxyl groups is 1. The molecule has 1 saturated heterocycles. The maximum Gasteiger partial charge on any atom is 0.414 e. The molecule has 2 aliphatic carbocycles. The number of aliphatic imine (C=N–C) groups is 1. The predicted octanol–water partition coefficient (Wildman–Crippen LogP) is -1.37. The Hall–Kier alpha value is -5.10. The van der Waals surface area contributed by atoms with Crippen molar-refractivity contribution in [3.8, 4) is 11.5 Å². The molecule has 5 rings (SSSR count). The number of aliphatic carboxylic acids is 1. The highest BCUT2D eigenvalue weighted by molar-refractivity contribution is 5.93. The van der Waals surface area contributed by atoms with E-state index in [-0.39, 0.29) is 37.1 Å². The van der Waals surface area contributed by atoms with Gasteiger partial charge in [-0.3, -0.25) is 24.2 Å². The van der Waals surface area contributed by atoms with Crippen molar-refractivity contribution in [3.63, 3.8) is 0 Å². The minimum atomic E-state index is -1.43. The van der Waals surface area contributed by atoms with Crippen LogP contribution >= 0.6 is 0 Å². The van der Waals surface area contributed by atoms with Gasteiger partial charge in [-0.2, -0.15) is 0 Å². The molecule has 1 spiro atoms. The third kappa shape index (κ3) is 6.91. The lowest BCUT2D eigenvalue weighted by atomic mass is 9.50. The van der Waals surface area contributed by atoms with Crippen LogP contribution < -0.4 is 31.6 Å². The van der Waals surface area contributed by atoms with Gasteiger partial charge < -0.3 is 61.2 Å². The Morgan fingerprint density at radius 3 is 2.54 bits per heavy atom. The minimum Gasteiger partial charge on any atom is -0.493 e. The van der Waals surface area contributed by atoms with Crippen molar-refractivity contribution in [2.75, 3.05) is 54.4 Å². The number of nitrogens with zero attached hydrogens (tertiary/aromatic N) is 4. The maximum absolute atomic E-state index is 13.8. The molecule has 284 valence electrons. The minimum absolute atomic E-state index is 0.112. The number of carboxylic acids is 1. The van der Waals surface area contributed by atoms with E-state index in [1.165, 1.54) is 28.1 Å². The quantitative estimate of drug-likeness (QED) is 0.0736. The molecule has 2 bridgehead atoms. The number of amides is 4. The van der Waals surface area contributed by atoms with Gasteiger partial charge in [0.15, 0.2) is 23.6 Å². The Balaban J connectivity index is 1.37. The van der Waals surface area contributed by atoms with Crippen LogP contribution in [0.3, 0.4) is 0 Å². The van der Waals surface area contributed by atoms with Gasteiger partial charge in [0.1, 0.15) is 24.4 Å². The predicted molar refractivity (Wildman–Crippen MR) is 185 cm³/mol. The Labute approximate surface area is 301 Å². The standard InChI is InChI=1S/C34H48N8O10/c1-18(43)38-20(7-6-13-37-31(35)36)29(46)39-21(30(47)41(3)17-25(44)45)16-42(4)32(48)51-23-10-11-34(49)24-15-19-8-9-22(50-5)27-26(19)33(34,28(23)52-27)12-14-40(24)2/h8-10,20-21,24,28,49H,6-7,11-17H2,1-5H3,(H,38,43)(H,39,46)(H,44,45)(H4,35,36,37). The van der Waals surface area contributed by atoms with Crippen LogP contribution in [-0.4, -0.2) is 145 Å². The van der Waals surface area contributed by atoms with Crippen molar-refractivity contribution >= 4 is 35.7 Å². The Kier molecular flexibility index (Phi) is 10.9. The maximum atomic E-state index is 13.8. The topological polar surface area (TPSA) is 252 Å². The van der Waals surface area contributed by atoms with E-state index in [0.717, 1.165) is 20.9 Å². The largest absolute Gasteiger partial charge is 0.493 e. The molecule has 0 saturated carbocycles.